The van der Waals surface area contributed by atoms with Crippen molar-refractivity contribution in [1.29, 1.82) is 0 Å². The molecule has 1 aromatic carbocycles. The molecule has 0 fully saturated rings. The second-order valence-electron chi connectivity index (χ2n) is 6.04. The molecule has 0 bridgehead atoms. The Morgan fingerprint density at radius 2 is 2.05 bits per heavy atom. The molecule has 2 N–H and O–H groups in total. The summed E-state index contributed by atoms with van der Waals surface area (Å²) >= 11 is 3.59. The summed E-state index contributed by atoms with van der Waals surface area (Å²) in [5, 5.41) is 1.17. The zero-order valence-electron chi connectivity index (χ0n) is 13.0. The van der Waals surface area contributed by atoms with E-state index in [1.54, 1.807) is 0 Å². The molecule has 2 rings (SSSR count). The minimum atomic E-state index is 0.271. The van der Waals surface area contributed by atoms with Crippen molar-refractivity contribution in [2.75, 3.05) is 13.6 Å². The fourth-order valence-electron chi connectivity index (χ4n) is 2.40. The molecule has 0 radical (unpaired) electrons. The number of hydrogen-bond donors (Lipinski definition) is 1. The van der Waals surface area contributed by atoms with Gasteiger partial charge in [0.25, 0.3) is 0 Å². The summed E-state index contributed by atoms with van der Waals surface area (Å²) in [5.74, 6) is 0.536. The van der Waals surface area contributed by atoms with Gasteiger partial charge in [-0.2, -0.15) is 0 Å². The summed E-state index contributed by atoms with van der Waals surface area (Å²) in [5.41, 5.74) is 8.46. The summed E-state index contributed by atoms with van der Waals surface area (Å²) in [6, 6.07) is 8.60. The molecule has 1 unspecified atom stereocenters. The highest BCUT2D eigenvalue weighted by atomic mass is 79.9. The van der Waals surface area contributed by atoms with Gasteiger partial charge < -0.3 is 10.6 Å². The van der Waals surface area contributed by atoms with Crippen LogP contribution in [0.3, 0.4) is 0 Å². The van der Waals surface area contributed by atoms with Gasteiger partial charge in [-0.25, -0.2) is 0 Å². The maximum atomic E-state index is 6.12. The third-order valence-electron chi connectivity index (χ3n) is 3.94. The van der Waals surface area contributed by atoms with Gasteiger partial charge in [0, 0.05) is 28.6 Å². The van der Waals surface area contributed by atoms with Gasteiger partial charge in [0.1, 0.15) is 0 Å². The van der Waals surface area contributed by atoms with Crippen LogP contribution in [0.2, 0.25) is 0 Å². The van der Waals surface area contributed by atoms with Crippen LogP contribution < -0.4 is 5.73 Å². The van der Waals surface area contributed by atoms with Crippen LogP contribution in [0.15, 0.2) is 34.9 Å². The van der Waals surface area contributed by atoms with Gasteiger partial charge >= 0.3 is 0 Å². The number of nitrogens with zero attached hydrogens (tertiary/aromatic N) is 2. The van der Waals surface area contributed by atoms with Crippen LogP contribution in [0.25, 0.3) is 10.9 Å². The highest BCUT2D eigenvalue weighted by Crippen LogP contribution is 2.25. The Labute approximate surface area is 135 Å². The van der Waals surface area contributed by atoms with Gasteiger partial charge in [-0.15, -0.1) is 0 Å². The normalized spacial score (nSPS) is 13.3. The van der Waals surface area contributed by atoms with E-state index in [1.807, 2.05) is 12.3 Å². The fourth-order valence-corrected chi connectivity index (χ4v) is 2.85. The molecule has 3 nitrogen and oxygen atoms in total. The average Bonchev–Trinajstić information content (AvgIpc) is 2.48. The second-order valence-corrected chi connectivity index (χ2v) is 6.89. The van der Waals surface area contributed by atoms with Crippen LogP contribution in [0.4, 0.5) is 0 Å². The number of benzene rings is 1. The Morgan fingerprint density at radius 1 is 1.29 bits per heavy atom. The lowest BCUT2D eigenvalue weighted by Crippen LogP contribution is -2.31. The van der Waals surface area contributed by atoms with E-state index < -0.39 is 0 Å². The smallest absolute Gasteiger partial charge is 0.0758 e. The van der Waals surface area contributed by atoms with Gasteiger partial charge in [-0.1, -0.05) is 41.9 Å². The van der Waals surface area contributed by atoms with Crippen molar-refractivity contribution in [3.05, 3.63) is 40.5 Å². The van der Waals surface area contributed by atoms with Crippen molar-refractivity contribution >= 4 is 26.8 Å². The van der Waals surface area contributed by atoms with Gasteiger partial charge in [0.2, 0.25) is 0 Å². The average molecular weight is 350 g/mol. The van der Waals surface area contributed by atoms with Crippen molar-refractivity contribution < 1.29 is 0 Å². The van der Waals surface area contributed by atoms with E-state index >= 15 is 0 Å². The summed E-state index contributed by atoms with van der Waals surface area (Å²) in [6.07, 6.45) is 2.88. The topological polar surface area (TPSA) is 42.1 Å². The molecule has 0 aliphatic carbocycles. The minimum absolute atomic E-state index is 0.271. The lowest BCUT2D eigenvalue weighted by molar-refractivity contribution is 0.297. The summed E-state index contributed by atoms with van der Waals surface area (Å²) in [7, 11) is 2.14. The molecular weight excluding hydrogens is 326 g/mol. The van der Waals surface area contributed by atoms with E-state index in [1.165, 1.54) is 10.9 Å². The van der Waals surface area contributed by atoms with Crippen molar-refractivity contribution in [3.8, 4) is 0 Å². The molecule has 4 heteroatoms. The quantitative estimate of drug-likeness (QED) is 0.862. The molecule has 0 aliphatic rings. The number of aromatic nitrogens is 1. The number of nitrogens with two attached hydrogens (primary N) is 1. The van der Waals surface area contributed by atoms with Crippen LogP contribution in [0.1, 0.15) is 25.8 Å². The van der Waals surface area contributed by atoms with Gasteiger partial charge in [0.05, 0.1) is 5.52 Å². The van der Waals surface area contributed by atoms with Crippen LogP contribution in [-0.4, -0.2) is 29.5 Å². The van der Waals surface area contributed by atoms with Crippen molar-refractivity contribution in [2.24, 2.45) is 11.7 Å². The molecule has 114 valence electrons. The highest BCUT2D eigenvalue weighted by molar-refractivity contribution is 9.10. The Balaban J connectivity index is 2.08. The van der Waals surface area contributed by atoms with E-state index in [4.69, 9.17) is 5.73 Å². The van der Waals surface area contributed by atoms with Gasteiger partial charge in [-0.3, -0.25) is 4.98 Å². The SMILES string of the molecule is CC(C)C(N)CCN(C)Cc1ccc(Br)c2cccnc12. The van der Waals surface area contributed by atoms with E-state index in [0.717, 1.165) is 29.5 Å². The maximum Gasteiger partial charge on any atom is 0.0758 e. The van der Waals surface area contributed by atoms with E-state index in [0.29, 0.717) is 5.92 Å². The molecule has 0 saturated heterocycles. The first kappa shape index (κ1) is 16.4. The molecule has 1 heterocycles. The number of halogens is 1. The van der Waals surface area contributed by atoms with Gasteiger partial charge in [-0.05, 0) is 43.6 Å². The Hall–Kier alpha value is -0.970. The molecule has 21 heavy (non-hydrogen) atoms. The van der Waals surface area contributed by atoms with Crippen molar-refractivity contribution in [3.63, 3.8) is 0 Å². The molecule has 2 aromatic rings. The Kier molecular flexibility index (Phi) is 5.73. The highest BCUT2D eigenvalue weighted by Gasteiger charge is 2.11. The minimum Gasteiger partial charge on any atom is -0.327 e. The standard InChI is InChI=1S/C17H24BrN3/c1-12(2)16(19)8-10-21(3)11-13-6-7-15(18)14-5-4-9-20-17(13)14/h4-7,9,12,16H,8,10-11,19H2,1-3H3. The van der Waals surface area contributed by atoms with Crippen LogP contribution >= 0.6 is 15.9 Å². The second kappa shape index (κ2) is 7.34. The number of rotatable bonds is 6. The number of pyridine rings is 1. The molecule has 0 saturated carbocycles. The maximum absolute atomic E-state index is 6.12. The lowest BCUT2D eigenvalue weighted by atomic mass is 10.0. The number of fused-ring (bicyclic) bond motifs is 1. The van der Waals surface area contributed by atoms with Crippen LogP contribution in [0.5, 0.6) is 0 Å². The largest absolute Gasteiger partial charge is 0.327 e. The lowest BCUT2D eigenvalue weighted by Gasteiger charge is -2.21. The van der Waals surface area contributed by atoms with Gasteiger partial charge in [0.15, 0.2) is 0 Å². The first-order chi connectivity index (χ1) is 9.99. The van der Waals surface area contributed by atoms with E-state index in [-0.39, 0.29) is 6.04 Å². The van der Waals surface area contributed by atoms with Crippen molar-refractivity contribution in [2.45, 2.75) is 32.9 Å². The first-order valence-electron chi connectivity index (χ1n) is 7.45. The first-order valence-corrected chi connectivity index (χ1v) is 8.24. The molecule has 0 spiro atoms. The van der Waals surface area contributed by atoms with E-state index in [2.05, 4.69) is 64.9 Å². The Bertz CT molecular complexity index is 598. The zero-order chi connectivity index (χ0) is 15.4. The fraction of sp³-hybridized carbons (Fsp3) is 0.471. The molecular formula is C17H24BrN3. The summed E-state index contributed by atoms with van der Waals surface area (Å²) < 4.78 is 1.10. The monoisotopic (exact) mass is 349 g/mol. The van der Waals surface area contributed by atoms with Crippen LogP contribution in [-0.2, 0) is 6.54 Å². The third kappa shape index (κ3) is 4.25. The summed E-state index contributed by atoms with van der Waals surface area (Å²) in [6.45, 7) is 6.25. The van der Waals surface area contributed by atoms with Crippen molar-refractivity contribution in [1.82, 2.24) is 9.88 Å². The Morgan fingerprint density at radius 3 is 2.76 bits per heavy atom. The number of hydrogen-bond acceptors (Lipinski definition) is 3. The predicted molar refractivity (Wildman–Crippen MR) is 93.2 cm³/mol. The third-order valence-corrected chi connectivity index (χ3v) is 4.63. The molecule has 0 aliphatic heterocycles. The van der Waals surface area contributed by atoms with Crippen LogP contribution in [0, 0.1) is 5.92 Å². The molecule has 1 atom stereocenters. The van der Waals surface area contributed by atoms with E-state index in [9.17, 15) is 0 Å². The molecule has 0 amide bonds. The summed E-state index contributed by atoms with van der Waals surface area (Å²) in [4.78, 5) is 6.86. The molecule has 1 aromatic heterocycles. The predicted octanol–water partition coefficient (Wildman–Crippen LogP) is 3.80. The zero-order valence-corrected chi connectivity index (χ0v) is 14.6.